The molecule has 0 bridgehead atoms. The summed E-state index contributed by atoms with van der Waals surface area (Å²) in [4.78, 5) is 25.5. The summed E-state index contributed by atoms with van der Waals surface area (Å²) in [6.45, 7) is 1.61. The van der Waals surface area contributed by atoms with Crippen LogP contribution in [0.1, 0.15) is 0 Å². The van der Waals surface area contributed by atoms with E-state index in [1.807, 2.05) is 0 Å². The molecule has 2 aliphatic rings. The first kappa shape index (κ1) is 12.0. The molecule has 0 aromatic heterocycles. The Labute approximate surface area is 103 Å². The first-order valence-electron chi connectivity index (χ1n) is 5.13. The van der Waals surface area contributed by atoms with E-state index in [4.69, 9.17) is 16.9 Å². The first-order chi connectivity index (χ1) is 8.13. The first-order valence-corrected chi connectivity index (χ1v) is 5.51. The van der Waals surface area contributed by atoms with Crippen LogP contribution in [0.2, 0.25) is 0 Å². The normalized spacial score (nSPS) is 28.9. The highest BCUT2D eigenvalue weighted by Crippen LogP contribution is 2.29. The van der Waals surface area contributed by atoms with Crippen LogP contribution in [0.3, 0.4) is 0 Å². The van der Waals surface area contributed by atoms with Crippen molar-refractivity contribution in [3.05, 3.63) is 23.8 Å². The van der Waals surface area contributed by atoms with Crippen molar-refractivity contribution in [2.24, 2.45) is 0 Å². The number of Topliss-reactive ketones (excluding diaryl/α,β-unsaturated/α-hetero) is 1. The summed E-state index contributed by atoms with van der Waals surface area (Å²) in [5, 5.41) is 11.1. The summed E-state index contributed by atoms with van der Waals surface area (Å²) in [5.41, 5.74) is -1.57. The second kappa shape index (κ2) is 4.41. The van der Waals surface area contributed by atoms with Gasteiger partial charge < -0.3 is 5.32 Å². The smallest absolute Gasteiger partial charge is 0.254 e. The molecule has 0 aromatic rings. The van der Waals surface area contributed by atoms with Crippen LogP contribution in [0.4, 0.5) is 0 Å². The van der Waals surface area contributed by atoms with Crippen molar-refractivity contribution in [3.8, 4) is 6.07 Å². The summed E-state index contributed by atoms with van der Waals surface area (Å²) in [5.74, 6) is -0.550. The number of carbonyl (C=O) groups excluding carboxylic acids is 2. The molecule has 1 saturated heterocycles. The molecule has 0 aromatic carbocycles. The van der Waals surface area contributed by atoms with Gasteiger partial charge in [0.2, 0.25) is 5.78 Å². The molecule has 0 amide bonds. The summed E-state index contributed by atoms with van der Waals surface area (Å²) < 4.78 is 0. The SMILES string of the molecule is N#CC1=CC=CC(C(=O)Cl)(N2CCNC2)C1=O. The number of hydrogen-bond donors (Lipinski definition) is 1. The van der Waals surface area contributed by atoms with Gasteiger partial charge in [-0.15, -0.1) is 0 Å². The minimum Gasteiger partial charge on any atom is -0.303 e. The van der Waals surface area contributed by atoms with Crippen LogP contribution >= 0.6 is 11.6 Å². The van der Waals surface area contributed by atoms with Gasteiger partial charge in [0.15, 0.2) is 5.54 Å². The summed E-state index contributed by atoms with van der Waals surface area (Å²) >= 11 is 5.59. The highest BCUT2D eigenvalue weighted by molar-refractivity contribution is 6.68. The maximum atomic E-state index is 12.2. The molecule has 1 atom stereocenters. The Kier molecular flexibility index (Phi) is 3.11. The van der Waals surface area contributed by atoms with Crippen molar-refractivity contribution in [2.45, 2.75) is 5.54 Å². The largest absolute Gasteiger partial charge is 0.303 e. The Morgan fingerprint density at radius 2 is 2.41 bits per heavy atom. The van der Waals surface area contributed by atoms with Gasteiger partial charge >= 0.3 is 0 Å². The molecule has 1 aliphatic heterocycles. The van der Waals surface area contributed by atoms with Gasteiger partial charge in [-0.1, -0.05) is 6.08 Å². The van der Waals surface area contributed by atoms with E-state index >= 15 is 0 Å². The zero-order chi connectivity index (χ0) is 12.5. The highest BCUT2D eigenvalue weighted by atomic mass is 35.5. The second-order valence-electron chi connectivity index (χ2n) is 3.84. The number of rotatable bonds is 2. The van der Waals surface area contributed by atoms with Gasteiger partial charge in [0.25, 0.3) is 5.24 Å². The predicted molar refractivity (Wildman–Crippen MR) is 61.0 cm³/mol. The Morgan fingerprint density at radius 1 is 1.65 bits per heavy atom. The van der Waals surface area contributed by atoms with E-state index in [0.717, 1.165) is 0 Å². The molecular weight excluding hydrogens is 242 g/mol. The van der Waals surface area contributed by atoms with Gasteiger partial charge in [-0.25, -0.2) is 0 Å². The van der Waals surface area contributed by atoms with Gasteiger partial charge in [-0.05, 0) is 23.8 Å². The highest BCUT2D eigenvalue weighted by Gasteiger charge is 2.50. The third kappa shape index (κ3) is 1.71. The van der Waals surface area contributed by atoms with Crippen LogP contribution in [0, 0.1) is 11.3 Å². The van der Waals surface area contributed by atoms with Crippen LogP contribution in [0.5, 0.6) is 0 Å². The zero-order valence-corrected chi connectivity index (χ0v) is 9.70. The summed E-state index contributed by atoms with van der Waals surface area (Å²) in [7, 11) is 0. The minimum absolute atomic E-state index is 0.0478. The van der Waals surface area contributed by atoms with Crippen LogP contribution in [-0.4, -0.2) is 41.2 Å². The average Bonchev–Trinajstić information content (AvgIpc) is 2.83. The number of nitrogens with one attached hydrogen (secondary N) is 1. The third-order valence-electron chi connectivity index (χ3n) is 2.97. The van der Waals surface area contributed by atoms with Crippen molar-refractivity contribution >= 4 is 22.6 Å². The van der Waals surface area contributed by atoms with Crippen LogP contribution in [-0.2, 0) is 9.59 Å². The minimum atomic E-state index is -1.52. The van der Waals surface area contributed by atoms with E-state index in [9.17, 15) is 9.59 Å². The third-order valence-corrected chi connectivity index (χ3v) is 3.26. The van der Waals surface area contributed by atoms with Crippen LogP contribution < -0.4 is 5.32 Å². The van der Waals surface area contributed by atoms with E-state index in [2.05, 4.69) is 5.32 Å². The van der Waals surface area contributed by atoms with Gasteiger partial charge in [0, 0.05) is 19.8 Å². The quantitative estimate of drug-likeness (QED) is 0.550. The number of carbonyl (C=O) groups is 2. The Balaban J connectivity index is 2.47. The lowest BCUT2D eigenvalue weighted by molar-refractivity contribution is -0.132. The average molecular weight is 252 g/mol. The standard InChI is InChI=1S/C11H10ClN3O2/c12-10(17)11(15-5-4-14-7-15)3-1-2-8(6-13)9(11)16/h1-3,14H,4-5,7H2. The lowest BCUT2D eigenvalue weighted by atomic mass is 9.85. The number of halogens is 1. The van der Waals surface area contributed by atoms with Crippen LogP contribution in [0.25, 0.3) is 0 Å². The fourth-order valence-corrected chi connectivity index (χ4v) is 2.33. The molecular formula is C11H10ClN3O2. The maximum absolute atomic E-state index is 12.2. The number of nitrogens with zero attached hydrogens (tertiary/aromatic N) is 2. The molecule has 6 heteroatoms. The zero-order valence-electron chi connectivity index (χ0n) is 8.94. The molecule has 1 aliphatic carbocycles. The molecule has 1 unspecified atom stereocenters. The van der Waals surface area contributed by atoms with E-state index in [1.54, 1.807) is 11.0 Å². The number of ketones is 1. The summed E-state index contributed by atoms with van der Waals surface area (Å²) in [6.07, 6.45) is 4.38. The maximum Gasteiger partial charge on any atom is 0.254 e. The number of allylic oxidation sites excluding steroid dienone is 2. The van der Waals surface area contributed by atoms with E-state index in [0.29, 0.717) is 19.8 Å². The van der Waals surface area contributed by atoms with E-state index in [1.165, 1.54) is 18.2 Å². The molecule has 5 nitrogen and oxygen atoms in total. The van der Waals surface area contributed by atoms with Gasteiger partial charge in [0.1, 0.15) is 6.07 Å². The molecule has 0 radical (unpaired) electrons. The topological polar surface area (TPSA) is 73.2 Å². The van der Waals surface area contributed by atoms with Crippen molar-refractivity contribution in [3.63, 3.8) is 0 Å². The molecule has 1 heterocycles. The van der Waals surface area contributed by atoms with Gasteiger partial charge in [0.05, 0.1) is 5.57 Å². The molecule has 2 rings (SSSR count). The lowest BCUT2D eigenvalue weighted by Gasteiger charge is -2.35. The van der Waals surface area contributed by atoms with Gasteiger partial charge in [-0.3, -0.25) is 14.5 Å². The molecule has 1 fully saturated rings. The fraction of sp³-hybridized carbons (Fsp3) is 0.364. The van der Waals surface area contributed by atoms with Crippen molar-refractivity contribution < 1.29 is 9.59 Å². The summed E-state index contributed by atoms with van der Waals surface area (Å²) in [6, 6.07) is 1.79. The molecule has 1 N–H and O–H groups in total. The monoisotopic (exact) mass is 251 g/mol. The van der Waals surface area contributed by atoms with Gasteiger partial charge in [-0.2, -0.15) is 5.26 Å². The van der Waals surface area contributed by atoms with Crippen molar-refractivity contribution in [1.82, 2.24) is 10.2 Å². The van der Waals surface area contributed by atoms with E-state index < -0.39 is 16.6 Å². The van der Waals surface area contributed by atoms with Crippen molar-refractivity contribution in [2.75, 3.05) is 19.8 Å². The Hall–Kier alpha value is -1.48. The number of hydrogen-bond acceptors (Lipinski definition) is 5. The van der Waals surface area contributed by atoms with E-state index in [-0.39, 0.29) is 5.57 Å². The van der Waals surface area contributed by atoms with Crippen LogP contribution in [0.15, 0.2) is 23.8 Å². The predicted octanol–water partition coefficient (Wildman–Crippen LogP) is -0.0578. The second-order valence-corrected chi connectivity index (χ2v) is 4.19. The molecule has 88 valence electrons. The van der Waals surface area contributed by atoms with Crippen molar-refractivity contribution in [1.29, 1.82) is 5.26 Å². The molecule has 0 saturated carbocycles. The molecule has 17 heavy (non-hydrogen) atoms. The fourth-order valence-electron chi connectivity index (χ4n) is 2.06. The lowest BCUT2D eigenvalue weighted by Crippen LogP contribution is -2.58. The molecule has 0 spiro atoms. The number of nitriles is 1. The Bertz CT molecular complexity index is 472. The Morgan fingerprint density at radius 3 is 2.94 bits per heavy atom.